The molecule has 0 aliphatic carbocycles. The first-order valence-electron chi connectivity index (χ1n) is 7.50. The zero-order valence-electron chi connectivity index (χ0n) is 13.4. The highest BCUT2D eigenvalue weighted by Gasteiger charge is 2.13. The predicted molar refractivity (Wildman–Crippen MR) is 96.1 cm³/mol. The minimum absolute atomic E-state index is 0.0463. The maximum Gasteiger partial charge on any atom is 0.293 e. The van der Waals surface area contributed by atoms with Crippen molar-refractivity contribution in [1.29, 1.82) is 0 Å². The summed E-state index contributed by atoms with van der Waals surface area (Å²) in [6.07, 6.45) is 1.45. The number of carbonyl (C=O) groups excluding carboxylic acids is 3. The van der Waals surface area contributed by atoms with Crippen LogP contribution < -0.4 is 16.4 Å². The number of hydrogen-bond donors (Lipinski definition) is 3. The number of anilines is 2. The van der Waals surface area contributed by atoms with Crippen molar-refractivity contribution in [3.8, 4) is 0 Å². The lowest BCUT2D eigenvalue weighted by atomic mass is 10.2. The molecule has 3 amide bonds. The van der Waals surface area contributed by atoms with E-state index in [1.165, 1.54) is 29.7 Å². The average Bonchev–Trinajstić information content (AvgIpc) is 3.27. The third kappa shape index (κ3) is 4.33. The van der Waals surface area contributed by atoms with E-state index in [4.69, 9.17) is 10.2 Å². The van der Waals surface area contributed by atoms with Gasteiger partial charge in [-0.2, -0.15) is 0 Å². The van der Waals surface area contributed by atoms with Gasteiger partial charge in [0.1, 0.15) is 0 Å². The van der Waals surface area contributed by atoms with Crippen molar-refractivity contribution in [2.24, 2.45) is 5.73 Å². The fourth-order valence-corrected chi connectivity index (χ4v) is 2.80. The molecule has 2 heterocycles. The van der Waals surface area contributed by atoms with Crippen LogP contribution in [-0.4, -0.2) is 22.7 Å². The molecule has 0 bridgehead atoms. The molecule has 0 radical (unpaired) electrons. The number of nitrogens with two attached hydrogens (primary N) is 1. The van der Waals surface area contributed by atoms with E-state index in [-0.39, 0.29) is 18.1 Å². The summed E-state index contributed by atoms with van der Waals surface area (Å²) in [7, 11) is 0. The highest BCUT2D eigenvalue weighted by Crippen LogP contribution is 2.18. The van der Waals surface area contributed by atoms with Gasteiger partial charge in [-0.1, -0.05) is 0 Å². The number of nitrogens with one attached hydrogen (secondary N) is 2. The highest BCUT2D eigenvalue weighted by atomic mass is 32.1. The summed E-state index contributed by atoms with van der Waals surface area (Å²) in [4.78, 5) is 39.2. The standard InChI is InChI=1S/C17H14N4O4S/c18-15(23)10-3-5-11(6-4-10)19-14(22)8-12-9-26-17(20-12)21-16(24)13-2-1-7-25-13/h1-7,9H,8H2,(H2,18,23)(H,19,22)(H,20,21,24). The van der Waals surface area contributed by atoms with Gasteiger partial charge in [0.05, 0.1) is 18.4 Å². The summed E-state index contributed by atoms with van der Waals surface area (Å²) in [5.74, 6) is -1.03. The summed E-state index contributed by atoms with van der Waals surface area (Å²) < 4.78 is 5.00. The molecule has 3 aromatic rings. The summed E-state index contributed by atoms with van der Waals surface area (Å²) in [5.41, 5.74) is 6.59. The molecule has 0 spiro atoms. The van der Waals surface area contributed by atoms with Crippen LogP contribution >= 0.6 is 11.3 Å². The van der Waals surface area contributed by atoms with E-state index in [0.29, 0.717) is 22.1 Å². The lowest BCUT2D eigenvalue weighted by molar-refractivity contribution is -0.115. The number of primary amides is 1. The van der Waals surface area contributed by atoms with Crippen molar-refractivity contribution in [2.45, 2.75) is 6.42 Å². The lowest BCUT2D eigenvalue weighted by Gasteiger charge is -2.04. The number of aromatic nitrogens is 1. The van der Waals surface area contributed by atoms with Gasteiger partial charge in [0, 0.05) is 16.6 Å². The molecule has 2 aromatic heterocycles. The Bertz CT molecular complexity index is 932. The maximum absolute atomic E-state index is 12.1. The van der Waals surface area contributed by atoms with Gasteiger partial charge < -0.3 is 15.5 Å². The van der Waals surface area contributed by atoms with Gasteiger partial charge in [-0.3, -0.25) is 19.7 Å². The first kappa shape index (κ1) is 17.4. The third-order valence-corrected chi connectivity index (χ3v) is 4.12. The minimum atomic E-state index is -0.533. The molecular weight excluding hydrogens is 356 g/mol. The molecule has 0 atom stereocenters. The van der Waals surface area contributed by atoms with Crippen LogP contribution in [-0.2, 0) is 11.2 Å². The average molecular weight is 370 g/mol. The lowest BCUT2D eigenvalue weighted by Crippen LogP contribution is -2.15. The second kappa shape index (κ2) is 7.62. The molecule has 0 saturated heterocycles. The van der Waals surface area contributed by atoms with Crippen molar-refractivity contribution < 1.29 is 18.8 Å². The predicted octanol–water partition coefficient (Wildman–Crippen LogP) is 2.27. The molecule has 3 rings (SSSR count). The Balaban J connectivity index is 1.55. The van der Waals surface area contributed by atoms with E-state index >= 15 is 0 Å². The number of furan rings is 1. The monoisotopic (exact) mass is 370 g/mol. The Hall–Kier alpha value is -3.46. The number of amides is 3. The Labute approximate surface area is 152 Å². The largest absolute Gasteiger partial charge is 0.459 e. The minimum Gasteiger partial charge on any atom is -0.459 e. The molecule has 0 fully saturated rings. The van der Waals surface area contributed by atoms with Gasteiger partial charge in [0.15, 0.2) is 10.9 Å². The zero-order chi connectivity index (χ0) is 18.5. The van der Waals surface area contributed by atoms with Crippen molar-refractivity contribution >= 4 is 39.9 Å². The third-order valence-electron chi connectivity index (χ3n) is 3.31. The van der Waals surface area contributed by atoms with Gasteiger partial charge in [-0.05, 0) is 36.4 Å². The van der Waals surface area contributed by atoms with Crippen molar-refractivity contribution in [2.75, 3.05) is 10.6 Å². The van der Waals surface area contributed by atoms with Crippen LogP contribution in [0, 0.1) is 0 Å². The number of thiazole rings is 1. The van der Waals surface area contributed by atoms with Gasteiger partial charge in [-0.15, -0.1) is 11.3 Å². The Morgan fingerprint density at radius 2 is 1.88 bits per heavy atom. The number of carbonyl (C=O) groups is 3. The van der Waals surface area contributed by atoms with Gasteiger partial charge in [0.25, 0.3) is 5.91 Å². The van der Waals surface area contributed by atoms with Crippen LogP contribution in [0.2, 0.25) is 0 Å². The van der Waals surface area contributed by atoms with Crippen molar-refractivity contribution in [1.82, 2.24) is 4.98 Å². The summed E-state index contributed by atoms with van der Waals surface area (Å²) >= 11 is 1.21. The van der Waals surface area contributed by atoms with Gasteiger partial charge in [0.2, 0.25) is 11.8 Å². The van der Waals surface area contributed by atoms with Crippen LogP contribution in [0.25, 0.3) is 0 Å². The SMILES string of the molecule is NC(=O)c1ccc(NC(=O)Cc2csc(NC(=O)c3ccco3)n2)cc1. The molecule has 8 nitrogen and oxygen atoms in total. The zero-order valence-corrected chi connectivity index (χ0v) is 14.2. The second-order valence-electron chi connectivity index (χ2n) is 5.24. The van der Waals surface area contributed by atoms with E-state index in [1.807, 2.05) is 0 Å². The second-order valence-corrected chi connectivity index (χ2v) is 6.10. The van der Waals surface area contributed by atoms with Gasteiger partial charge in [-0.25, -0.2) is 4.98 Å². The quantitative estimate of drug-likeness (QED) is 0.613. The maximum atomic E-state index is 12.1. The fraction of sp³-hybridized carbons (Fsp3) is 0.0588. The molecule has 0 unspecified atom stereocenters. The number of nitrogens with zero attached hydrogens (tertiary/aromatic N) is 1. The van der Waals surface area contributed by atoms with E-state index < -0.39 is 11.8 Å². The number of benzene rings is 1. The molecule has 1 aromatic carbocycles. The fourth-order valence-electron chi connectivity index (χ4n) is 2.10. The topological polar surface area (TPSA) is 127 Å². The molecule has 4 N–H and O–H groups in total. The van der Waals surface area contributed by atoms with Crippen LogP contribution in [0.3, 0.4) is 0 Å². The van der Waals surface area contributed by atoms with Gasteiger partial charge >= 0.3 is 0 Å². The molecular formula is C17H14N4O4S. The molecule has 0 aliphatic rings. The van der Waals surface area contributed by atoms with Crippen LogP contribution in [0.4, 0.5) is 10.8 Å². The Morgan fingerprint density at radius 3 is 2.54 bits per heavy atom. The van der Waals surface area contributed by atoms with Crippen LogP contribution in [0.15, 0.2) is 52.5 Å². The molecule has 0 aliphatic heterocycles. The van der Waals surface area contributed by atoms with E-state index in [9.17, 15) is 14.4 Å². The van der Waals surface area contributed by atoms with Crippen molar-refractivity contribution in [3.63, 3.8) is 0 Å². The van der Waals surface area contributed by atoms with E-state index in [1.54, 1.807) is 29.6 Å². The first-order valence-corrected chi connectivity index (χ1v) is 8.38. The summed E-state index contributed by atoms with van der Waals surface area (Å²) in [6, 6.07) is 9.40. The summed E-state index contributed by atoms with van der Waals surface area (Å²) in [5, 5.41) is 7.37. The first-order chi connectivity index (χ1) is 12.5. The molecule has 0 saturated carbocycles. The smallest absolute Gasteiger partial charge is 0.293 e. The molecule has 132 valence electrons. The van der Waals surface area contributed by atoms with Crippen molar-refractivity contribution in [3.05, 3.63) is 65.1 Å². The summed E-state index contributed by atoms with van der Waals surface area (Å²) in [6.45, 7) is 0. The van der Waals surface area contributed by atoms with Crippen LogP contribution in [0.1, 0.15) is 26.6 Å². The Morgan fingerprint density at radius 1 is 1.12 bits per heavy atom. The highest BCUT2D eigenvalue weighted by molar-refractivity contribution is 7.14. The number of rotatable bonds is 6. The van der Waals surface area contributed by atoms with Crippen LogP contribution in [0.5, 0.6) is 0 Å². The normalized spacial score (nSPS) is 10.3. The molecule has 26 heavy (non-hydrogen) atoms. The number of hydrogen-bond acceptors (Lipinski definition) is 6. The molecule has 9 heteroatoms. The Kier molecular flexibility index (Phi) is 5.09. The van der Waals surface area contributed by atoms with E-state index in [0.717, 1.165) is 0 Å². The van der Waals surface area contributed by atoms with E-state index in [2.05, 4.69) is 15.6 Å².